The SMILES string of the molecule is CCCCCCC(C)(S)CCCCC. The van der Waals surface area contributed by atoms with Crippen LogP contribution in [0.25, 0.3) is 0 Å². The largest absolute Gasteiger partial charge is 0.173 e. The lowest BCUT2D eigenvalue weighted by atomic mass is 9.95. The van der Waals surface area contributed by atoms with E-state index in [-0.39, 0.29) is 0 Å². The van der Waals surface area contributed by atoms with Crippen molar-refractivity contribution in [2.45, 2.75) is 83.3 Å². The Morgan fingerprint density at radius 2 is 1.21 bits per heavy atom. The van der Waals surface area contributed by atoms with Crippen LogP contribution in [0.4, 0.5) is 0 Å². The van der Waals surface area contributed by atoms with Crippen molar-refractivity contribution < 1.29 is 0 Å². The van der Waals surface area contributed by atoms with Crippen LogP contribution < -0.4 is 0 Å². The highest BCUT2D eigenvalue weighted by molar-refractivity contribution is 7.81. The highest BCUT2D eigenvalue weighted by atomic mass is 32.1. The third-order valence-corrected chi connectivity index (χ3v) is 3.34. The minimum atomic E-state index is 0.295. The maximum Gasteiger partial charge on any atom is 0.0101 e. The lowest BCUT2D eigenvalue weighted by Crippen LogP contribution is -2.16. The Balaban J connectivity index is 3.40. The molecule has 14 heavy (non-hydrogen) atoms. The molecule has 0 amide bonds. The molecule has 0 aromatic rings. The highest BCUT2D eigenvalue weighted by Gasteiger charge is 2.17. The average molecular weight is 216 g/mol. The zero-order valence-corrected chi connectivity index (χ0v) is 11.2. The van der Waals surface area contributed by atoms with Gasteiger partial charge in [-0.3, -0.25) is 0 Å². The monoisotopic (exact) mass is 216 g/mol. The summed E-state index contributed by atoms with van der Waals surface area (Å²) < 4.78 is 0.295. The molecule has 0 aromatic carbocycles. The number of unbranched alkanes of at least 4 members (excludes halogenated alkanes) is 5. The minimum Gasteiger partial charge on any atom is -0.173 e. The summed E-state index contributed by atoms with van der Waals surface area (Å²) in [5.74, 6) is 0. The van der Waals surface area contributed by atoms with Gasteiger partial charge in [-0.1, -0.05) is 65.7 Å². The van der Waals surface area contributed by atoms with Crippen LogP contribution in [0.2, 0.25) is 0 Å². The number of hydrogen-bond donors (Lipinski definition) is 1. The number of thiol groups is 1. The first-order valence-electron chi connectivity index (χ1n) is 6.34. The fourth-order valence-electron chi connectivity index (χ4n) is 1.81. The van der Waals surface area contributed by atoms with Gasteiger partial charge in [0.05, 0.1) is 0 Å². The van der Waals surface area contributed by atoms with Gasteiger partial charge in [0, 0.05) is 4.75 Å². The van der Waals surface area contributed by atoms with Crippen LogP contribution in [0.1, 0.15) is 78.6 Å². The molecule has 0 spiro atoms. The summed E-state index contributed by atoms with van der Waals surface area (Å²) in [7, 11) is 0. The molecule has 1 atom stereocenters. The predicted octanol–water partition coefficient (Wildman–Crippen LogP) is 5.23. The third-order valence-electron chi connectivity index (χ3n) is 2.89. The van der Waals surface area contributed by atoms with Gasteiger partial charge in [0.15, 0.2) is 0 Å². The molecule has 0 radical (unpaired) electrons. The lowest BCUT2D eigenvalue weighted by Gasteiger charge is -2.23. The summed E-state index contributed by atoms with van der Waals surface area (Å²) in [6, 6.07) is 0. The van der Waals surface area contributed by atoms with Crippen LogP contribution in [0, 0.1) is 0 Å². The normalized spacial score (nSPS) is 15.4. The molecule has 1 heteroatoms. The van der Waals surface area contributed by atoms with E-state index in [0.29, 0.717) is 4.75 Å². The Labute approximate surface area is 96.3 Å². The van der Waals surface area contributed by atoms with Gasteiger partial charge in [0.1, 0.15) is 0 Å². The van der Waals surface area contributed by atoms with Crippen molar-refractivity contribution in [3.05, 3.63) is 0 Å². The Morgan fingerprint density at radius 3 is 1.71 bits per heavy atom. The highest BCUT2D eigenvalue weighted by Crippen LogP contribution is 2.28. The molecule has 0 rings (SSSR count). The van der Waals surface area contributed by atoms with E-state index in [0.717, 1.165) is 0 Å². The van der Waals surface area contributed by atoms with E-state index in [1.807, 2.05) is 0 Å². The van der Waals surface area contributed by atoms with Crippen LogP contribution in [0.15, 0.2) is 0 Å². The summed E-state index contributed by atoms with van der Waals surface area (Å²) in [5, 5.41) is 0. The second-order valence-corrected chi connectivity index (χ2v) is 5.84. The zero-order chi connectivity index (χ0) is 10.9. The van der Waals surface area contributed by atoms with E-state index in [9.17, 15) is 0 Å². The maximum atomic E-state index is 4.76. The first-order valence-corrected chi connectivity index (χ1v) is 6.79. The second-order valence-electron chi connectivity index (χ2n) is 4.76. The van der Waals surface area contributed by atoms with Crippen LogP contribution in [0.3, 0.4) is 0 Å². The fraction of sp³-hybridized carbons (Fsp3) is 1.00. The molecule has 0 aliphatic rings. The summed E-state index contributed by atoms with van der Waals surface area (Å²) >= 11 is 4.76. The van der Waals surface area contributed by atoms with Crippen molar-refractivity contribution in [3.8, 4) is 0 Å². The molecule has 0 bridgehead atoms. The molecule has 0 aromatic heterocycles. The van der Waals surface area contributed by atoms with Gasteiger partial charge < -0.3 is 0 Å². The molecule has 0 nitrogen and oxygen atoms in total. The fourth-order valence-corrected chi connectivity index (χ4v) is 2.13. The topological polar surface area (TPSA) is 0 Å². The lowest BCUT2D eigenvalue weighted by molar-refractivity contribution is 0.481. The van der Waals surface area contributed by atoms with Crippen molar-refractivity contribution >= 4 is 12.6 Å². The van der Waals surface area contributed by atoms with Gasteiger partial charge in [-0.2, -0.15) is 12.6 Å². The summed E-state index contributed by atoms with van der Waals surface area (Å²) in [5.41, 5.74) is 0. The van der Waals surface area contributed by atoms with Gasteiger partial charge in [0.25, 0.3) is 0 Å². The minimum absolute atomic E-state index is 0.295. The average Bonchev–Trinajstić information content (AvgIpc) is 2.13. The van der Waals surface area contributed by atoms with E-state index in [4.69, 9.17) is 12.6 Å². The van der Waals surface area contributed by atoms with Gasteiger partial charge in [-0.15, -0.1) is 0 Å². The van der Waals surface area contributed by atoms with Gasteiger partial charge >= 0.3 is 0 Å². The Kier molecular flexibility index (Phi) is 8.86. The molecular formula is C13H28S. The molecule has 1 unspecified atom stereocenters. The first-order chi connectivity index (χ1) is 6.62. The number of rotatable bonds is 9. The Morgan fingerprint density at radius 1 is 0.786 bits per heavy atom. The molecule has 0 saturated carbocycles. The standard InChI is InChI=1S/C13H28S/c1-4-6-8-10-12-13(3,14)11-9-7-5-2/h14H,4-12H2,1-3H3. The molecule has 0 heterocycles. The number of hydrogen-bond acceptors (Lipinski definition) is 1. The Bertz CT molecular complexity index is 118. The van der Waals surface area contributed by atoms with Gasteiger partial charge in [0.2, 0.25) is 0 Å². The van der Waals surface area contributed by atoms with Crippen LogP contribution in [-0.4, -0.2) is 4.75 Å². The molecule has 0 aliphatic heterocycles. The van der Waals surface area contributed by atoms with E-state index in [1.54, 1.807) is 0 Å². The van der Waals surface area contributed by atoms with Crippen molar-refractivity contribution in [2.24, 2.45) is 0 Å². The summed E-state index contributed by atoms with van der Waals surface area (Å²) in [4.78, 5) is 0. The van der Waals surface area contributed by atoms with E-state index in [1.165, 1.54) is 57.8 Å². The van der Waals surface area contributed by atoms with Crippen molar-refractivity contribution in [3.63, 3.8) is 0 Å². The quantitative estimate of drug-likeness (QED) is 0.396. The van der Waals surface area contributed by atoms with Crippen LogP contribution in [0.5, 0.6) is 0 Å². The van der Waals surface area contributed by atoms with Gasteiger partial charge in [-0.05, 0) is 12.8 Å². The van der Waals surface area contributed by atoms with Gasteiger partial charge in [-0.25, -0.2) is 0 Å². The van der Waals surface area contributed by atoms with E-state index in [2.05, 4.69) is 20.8 Å². The Hall–Kier alpha value is 0.350. The molecule has 0 saturated heterocycles. The molecule has 0 N–H and O–H groups in total. The molecular weight excluding hydrogens is 188 g/mol. The van der Waals surface area contributed by atoms with Crippen molar-refractivity contribution in [1.82, 2.24) is 0 Å². The maximum absolute atomic E-state index is 4.76. The third kappa shape index (κ3) is 8.93. The van der Waals surface area contributed by atoms with Crippen LogP contribution in [-0.2, 0) is 0 Å². The van der Waals surface area contributed by atoms with E-state index < -0.39 is 0 Å². The summed E-state index contributed by atoms with van der Waals surface area (Å²) in [6.07, 6.45) is 12.1. The zero-order valence-electron chi connectivity index (χ0n) is 10.3. The molecule has 0 fully saturated rings. The first kappa shape index (κ1) is 14.3. The van der Waals surface area contributed by atoms with E-state index >= 15 is 0 Å². The summed E-state index contributed by atoms with van der Waals surface area (Å²) in [6.45, 7) is 6.83. The predicted molar refractivity (Wildman–Crippen MR) is 70.3 cm³/mol. The second kappa shape index (κ2) is 8.64. The van der Waals surface area contributed by atoms with Crippen LogP contribution >= 0.6 is 12.6 Å². The molecule has 0 aliphatic carbocycles. The molecule has 86 valence electrons. The van der Waals surface area contributed by atoms with Crippen molar-refractivity contribution in [2.75, 3.05) is 0 Å². The van der Waals surface area contributed by atoms with Crippen molar-refractivity contribution in [1.29, 1.82) is 0 Å². The smallest absolute Gasteiger partial charge is 0.0101 e.